The van der Waals surface area contributed by atoms with Gasteiger partial charge in [0.2, 0.25) is 0 Å². The molecule has 0 aliphatic heterocycles. The van der Waals surface area contributed by atoms with Crippen LogP contribution in [-0.4, -0.2) is 9.55 Å². The van der Waals surface area contributed by atoms with E-state index in [1.807, 2.05) is 12.4 Å². The van der Waals surface area contributed by atoms with E-state index in [1.54, 1.807) is 0 Å². The van der Waals surface area contributed by atoms with Crippen molar-refractivity contribution in [1.82, 2.24) is 9.55 Å². The van der Waals surface area contributed by atoms with E-state index in [2.05, 4.69) is 46.0 Å². The lowest BCUT2D eigenvalue weighted by molar-refractivity contribution is 0.582. The molecule has 0 spiro atoms. The quantitative estimate of drug-likeness (QED) is 0.582. The Morgan fingerprint density at radius 3 is 2.80 bits per heavy atom. The maximum atomic E-state index is 4.21. The number of aromatic nitrogens is 2. The molecule has 1 heterocycles. The first kappa shape index (κ1) is 8.04. The molecule has 1 rings (SSSR count). The molecule has 0 bridgehead atoms. The number of alkyl halides is 1. The third-order valence-electron chi connectivity index (χ3n) is 1.42. The average Bonchev–Trinajstić information content (AvgIpc) is 2.33. The number of hydrogen-bond acceptors (Lipinski definition) is 1. The molecule has 0 radical (unpaired) electrons. The predicted molar refractivity (Wildman–Crippen MR) is 50.3 cm³/mol. The zero-order valence-corrected chi connectivity index (χ0v) is 8.37. The van der Waals surface area contributed by atoms with Crippen molar-refractivity contribution in [2.45, 2.75) is 24.3 Å². The van der Waals surface area contributed by atoms with Gasteiger partial charge in [-0.15, -0.1) is 0 Å². The van der Waals surface area contributed by atoms with Crippen molar-refractivity contribution >= 4 is 22.6 Å². The summed E-state index contributed by atoms with van der Waals surface area (Å²) >= 11 is 2.33. The highest BCUT2D eigenvalue weighted by Gasteiger charge is 2.02. The summed E-state index contributed by atoms with van der Waals surface area (Å²) in [5, 5.41) is 0. The molecular weight excluding hydrogens is 239 g/mol. The molecule has 1 aromatic heterocycles. The average molecular weight is 250 g/mol. The second kappa shape index (κ2) is 3.37. The summed E-state index contributed by atoms with van der Waals surface area (Å²) in [6.45, 7) is 4.33. The van der Waals surface area contributed by atoms with Gasteiger partial charge >= 0.3 is 0 Å². The molecule has 0 aromatic carbocycles. The standard InChI is InChI=1S/C7H11IN2/c1-6(2)10-4-3-9-7(10)5-8/h3-4,6H,5H2,1-2H3. The minimum Gasteiger partial charge on any atom is -0.332 e. The molecule has 0 atom stereocenters. The maximum absolute atomic E-state index is 4.21. The van der Waals surface area contributed by atoms with Crippen LogP contribution in [0.3, 0.4) is 0 Å². The molecule has 0 saturated carbocycles. The summed E-state index contributed by atoms with van der Waals surface area (Å²) in [6.07, 6.45) is 3.88. The number of hydrogen-bond donors (Lipinski definition) is 0. The smallest absolute Gasteiger partial charge is 0.118 e. The fourth-order valence-electron chi connectivity index (χ4n) is 0.918. The van der Waals surface area contributed by atoms with Gasteiger partial charge in [0, 0.05) is 18.4 Å². The van der Waals surface area contributed by atoms with Gasteiger partial charge in [-0.05, 0) is 13.8 Å². The van der Waals surface area contributed by atoms with Crippen LogP contribution in [0.15, 0.2) is 12.4 Å². The highest BCUT2D eigenvalue weighted by molar-refractivity contribution is 14.1. The molecule has 3 heteroatoms. The Morgan fingerprint density at radius 2 is 2.40 bits per heavy atom. The third kappa shape index (κ3) is 1.51. The zero-order valence-electron chi connectivity index (χ0n) is 6.21. The second-order valence-electron chi connectivity index (χ2n) is 2.48. The van der Waals surface area contributed by atoms with Crippen LogP contribution in [0.25, 0.3) is 0 Å². The SMILES string of the molecule is CC(C)n1ccnc1CI. The number of rotatable bonds is 2. The van der Waals surface area contributed by atoms with E-state index >= 15 is 0 Å². The number of nitrogens with zero attached hydrogens (tertiary/aromatic N) is 2. The van der Waals surface area contributed by atoms with Crippen molar-refractivity contribution in [3.05, 3.63) is 18.2 Å². The summed E-state index contributed by atoms with van der Waals surface area (Å²) in [5.41, 5.74) is 0. The Morgan fingerprint density at radius 1 is 1.70 bits per heavy atom. The summed E-state index contributed by atoms with van der Waals surface area (Å²) in [7, 11) is 0. The topological polar surface area (TPSA) is 17.8 Å². The minimum atomic E-state index is 0.535. The largest absolute Gasteiger partial charge is 0.332 e. The molecule has 0 aliphatic carbocycles. The van der Waals surface area contributed by atoms with Crippen LogP contribution in [0.4, 0.5) is 0 Å². The van der Waals surface area contributed by atoms with Gasteiger partial charge in [-0.3, -0.25) is 0 Å². The van der Waals surface area contributed by atoms with E-state index in [1.165, 1.54) is 0 Å². The third-order valence-corrected chi connectivity index (χ3v) is 2.11. The van der Waals surface area contributed by atoms with E-state index in [0.29, 0.717) is 6.04 Å². The Hall–Kier alpha value is -0.0600. The lowest BCUT2D eigenvalue weighted by atomic mass is 10.4. The molecule has 0 N–H and O–H groups in total. The predicted octanol–water partition coefficient (Wildman–Crippen LogP) is 2.40. The van der Waals surface area contributed by atoms with Gasteiger partial charge in [0.25, 0.3) is 0 Å². The van der Waals surface area contributed by atoms with Gasteiger partial charge in [-0.2, -0.15) is 0 Å². The first-order chi connectivity index (χ1) is 4.75. The van der Waals surface area contributed by atoms with Crippen molar-refractivity contribution < 1.29 is 0 Å². The molecule has 10 heavy (non-hydrogen) atoms. The Kier molecular flexibility index (Phi) is 2.71. The molecular formula is C7H11IN2. The molecule has 0 unspecified atom stereocenters. The minimum absolute atomic E-state index is 0.535. The van der Waals surface area contributed by atoms with Gasteiger partial charge in [0.05, 0.1) is 4.43 Å². The summed E-state index contributed by atoms with van der Waals surface area (Å²) in [5.74, 6) is 1.16. The summed E-state index contributed by atoms with van der Waals surface area (Å²) in [6, 6.07) is 0.535. The van der Waals surface area contributed by atoms with Gasteiger partial charge in [0.1, 0.15) is 5.82 Å². The zero-order chi connectivity index (χ0) is 7.56. The highest BCUT2D eigenvalue weighted by Crippen LogP contribution is 2.10. The summed E-state index contributed by atoms with van der Waals surface area (Å²) < 4.78 is 3.18. The molecule has 0 aliphatic rings. The van der Waals surface area contributed by atoms with E-state index in [-0.39, 0.29) is 0 Å². The van der Waals surface area contributed by atoms with E-state index in [9.17, 15) is 0 Å². The van der Waals surface area contributed by atoms with Crippen molar-refractivity contribution in [1.29, 1.82) is 0 Å². The highest BCUT2D eigenvalue weighted by atomic mass is 127. The monoisotopic (exact) mass is 250 g/mol. The van der Waals surface area contributed by atoms with Crippen LogP contribution < -0.4 is 0 Å². The van der Waals surface area contributed by atoms with Crippen LogP contribution >= 0.6 is 22.6 Å². The first-order valence-corrected chi connectivity index (χ1v) is 4.86. The van der Waals surface area contributed by atoms with Crippen LogP contribution in [0.1, 0.15) is 25.7 Å². The molecule has 56 valence electrons. The molecule has 1 aromatic rings. The first-order valence-electron chi connectivity index (χ1n) is 3.33. The fourth-order valence-corrected chi connectivity index (χ4v) is 1.51. The van der Waals surface area contributed by atoms with E-state index in [0.717, 1.165) is 10.3 Å². The lowest BCUT2D eigenvalue weighted by Crippen LogP contribution is -2.02. The van der Waals surface area contributed by atoms with Crippen LogP contribution in [-0.2, 0) is 4.43 Å². The summed E-state index contributed by atoms with van der Waals surface area (Å²) in [4.78, 5) is 4.21. The molecule has 2 nitrogen and oxygen atoms in total. The number of halogens is 1. The normalized spacial score (nSPS) is 10.8. The maximum Gasteiger partial charge on any atom is 0.118 e. The van der Waals surface area contributed by atoms with E-state index in [4.69, 9.17) is 0 Å². The molecule has 0 amide bonds. The Bertz CT molecular complexity index is 205. The van der Waals surface area contributed by atoms with Crippen molar-refractivity contribution in [3.63, 3.8) is 0 Å². The van der Waals surface area contributed by atoms with E-state index < -0.39 is 0 Å². The van der Waals surface area contributed by atoms with Crippen LogP contribution in [0.2, 0.25) is 0 Å². The Balaban J connectivity index is 2.90. The van der Waals surface area contributed by atoms with Crippen molar-refractivity contribution in [3.8, 4) is 0 Å². The van der Waals surface area contributed by atoms with Gasteiger partial charge in [-0.25, -0.2) is 4.98 Å². The van der Waals surface area contributed by atoms with Gasteiger partial charge < -0.3 is 4.57 Å². The Labute approximate surface area is 74.8 Å². The molecule has 0 fully saturated rings. The van der Waals surface area contributed by atoms with Crippen LogP contribution in [0.5, 0.6) is 0 Å². The van der Waals surface area contributed by atoms with Crippen LogP contribution in [0, 0.1) is 0 Å². The lowest BCUT2D eigenvalue weighted by Gasteiger charge is -2.08. The van der Waals surface area contributed by atoms with Crippen molar-refractivity contribution in [2.24, 2.45) is 0 Å². The molecule has 0 saturated heterocycles. The number of imidazole rings is 1. The van der Waals surface area contributed by atoms with Gasteiger partial charge in [-0.1, -0.05) is 22.6 Å². The van der Waals surface area contributed by atoms with Gasteiger partial charge in [0.15, 0.2) is 0 Å². The second-order valence-corrected chi connectivity index (χ2v) is 3.24. The van der Waals surface area contributed by atoms with Crippen molar-refractivity contribution in [2.75, 3.05) is 0 Å². The fraction of sp³-hybridized carbons (Fsp3) is 0.571.